The Balaban J connectivity index is 2.24. The van der Waals surface area contributed by atoms with Gasteiger partial charge in [0.1, 0.15) is 6.07 Å². The van der Waals surface area contributed by atoms with Crippen molar-refractivity contribution in [2.45, 2.75) is 38.9 Å². The molecule has 0 amide bonds. The Bertz CT molecular complexity index is 574. The van der Waals surface area contributed by atoms with Crippen molar-refractivity contribution in [3.63, 3.8) is 0 Å². The third kappa shape index (κ3) is 3.13. The molecule has 2 rings (SSSR count). The van der Waals surface area contributed by atoms with E-state index in [9.17, 15) is 0 Å². The fraction of sp³-hybridized carbons (Fsp3) is 0.500. The molecule has 7 heteroatoms. The Morgan fingerprint density at radius 3 is 2.24 bits per heavy atom. The number of nitrogens with zero attached hydrogens (tertiary/aromatic N) is 3. The molecule has 0 radical (unpaired) electrons. The number of hydrogen-bond acceptors (Lipinski definition) is 6. The van der Waals surface area contributed by atoms with Crippen LogP contribution in [0.4, 0.5) is 0 Å². The summed E-state index contributed by atoms with van der Waals surface area (Å²) in [5.74, 6) is 0.136. The minimum Gasteiger partial charge on any atom is -0.400 e. The first kappa shape index (κ1) is 15.6. The van der Waals surface area contributed by atoms with E-state index < -0.39 is 18.3 Å². The van der Waals surface area contributed by atoms with Crippen molar-refractivity contribution >= 4 is 13.2 Å². The second kappa shape index (κ2) is 5.56. The molecule has 0 saturated carbocycles. The van der Waals surface area contributed by atoms with Gasteiger partial charge in [-0.15, -0.1) is 0 Å². The van der Waals surface area contributed by atoms with Gasteiger partial charge in [0.2, 0.25) is 5.82 Å². The summed E-state index contributed by atoms with van der Waals surface area (Å²) >= 11 is 0. The largest absolute Gasteiger partial charge is 0.491 e. The number of nitrogens with two attached hydrogens (primary N) is 1. The molecule has 0 aliphatic carbocycles. The van der Waals surface area contributed by atoms with Crippen molar-refractivity contribution in [2.24, 2.45) is 5.73 Å². The molecule has 1 aliphatic rings. The summed E-state index contributed by atoms with van der Waals surface area (Å²) in [6.45, 7) is 8.27. The molecule has 0 atom stereocenters. The first-order chi connectivity index (χ1) is 9.79. The smallest absolute Gasteiger partial charge is 0.400 e. The molecule has 1 aromatic rings. The van der Waals surface area contributed by atoms with Crippen molar-refractivity contribution < 1.29 is 9.31 Å². The number of nitriles is 1. The van der Waals surface area contributed by atoms with Crippen molar-refractivity contribution in [2.75, 3.05) is 6.54 Å². The highest BCUT2D eigenvalue weighted by atomic mass is 16.7. The number of hydrogen-bond donors (Lipinski definition) is 1. The van der Waals surface area contributed by atoms with E-state index in [1.807, 2.05) is 39.8 Å². The third-order valence-electron chi connectivity index (χ3n) is 3.92. The topological polar surface area (TPSA) is 94.0 Å². The second-order valence-electron chi connectivity index (χ2n) is 5.96. The monoisotopic (exact) mass is 286 g/mol. The summed E-state index contributed by atoms with van der Waals surface area (Å²) in [6, 6.07) is 1.88. The molecule has 1 fully saturated rings. The van der Waals surface area contributed by atoms with Crippen LogP contribution in [0.15, 0.2) is 17.9 Å². The molecule has 110 valence electrons. The minimum atomic E-state index is -0.490. The lowest BCUT2D eigenvalue weighted by Gasteiger charge is -2.32. The maximum absolute atomic E-state index is 8.69. The SMILES string of the molecule is CC1(C)OB(C(=Cc2cnc(C#N)nc2)CN)OC1(C)C. The Morgan fingerprint density at radius 2 is 1.81 bits per heavy atom. The highest BCUT2D eigenvalue weighted by Gasteiger charge is 2.52. The van der Waals surface area contributed by atoms with Crippen LogP contribution >= 0.6 is 0 Å². The minimum absolute atomic E-state index is 0.136. The molecule has 21 heavy (non-hydrogen) atoms. The van der Waals surface area contributed by atoms with Crippen LogP contribution in [0.2, 0.25) is 0 Å². The zero-order valence-corrected chi connectivity index (χ0v) is 12.8. The Labute approximate surface area is 125 Å². The average molecular weight is 286 g/mol. The van der Waals surface area contributed by atoms with Gasteiger partial charge in [-0.3, -0.25) is 0 Å². The lowest BCUT2D eigenvalue weighted by Crippen LogP contribution is -2.41. The Hall–Kier alpha value is -1.75. The van der Waals surface area contributed by atoms with E-state index >= 15 is 0 Å². The second-order valence-corrected chi connectivity index (χ2v) is 5.96. The van der Waals surface area contributed by atoms with Crippen LogP contribution in [0, 0.1) is 11.3 Å². The standard InChI is InChI=1S/C14H19BN4O2/c1-13(2)14(3,4)21-15(20-13)11(6-16)5-10-8-18-12(7-17)19-9-10/h5,8-9H,6,16H2,1-4H3. The fourth-order valence-corrected chi connectivity index (χ4v) is 1.90. The molecule has 1 aromatic heterocycles. The lowest BCUT2D eigenvalue weighted by atomic mass is 9.77. The van der Waals surface area contributed by atoms with E-state index in [0.717, 1.165) is 11.0 Å². The number of rotatable bonds is 3. The van der Waals surface area contributed by atoms with Gasteiger partial charge in [0.25, 0.3) is 0 Å². The van der Waals surface area contributed by atoms with Crippen LogP contribution in [-0.4, -0.2) is 34.8 Å². The van der Waals surface area contributed by atoms with Crippen LogP contribution in [0.5, 0.6) is 0 Å². The normalized spacial score (nSPS) is 20.4. The summed E-state index contributed by atoms with van der Waals surface area (Å²) in [5.41, 5.74) is 6.55. The molecule has 1 aliphatic heterocycles. The molecule has 1 saturated heterocycles. The van der Waals surface area contributed by atoms with Gasteiger partial charge in [0.15, 0.2) is 0 Å². The Kier molecular flexibility index (Phi) is 4.14. The molecular formula is C14H19BN4O2. The van der Waals surface area contributed by atoms with E-state index in [4.69, 9.17) is 20.3 Å². The predicted octanol–water partition coefficient (Wildman–Crippen LogP) is 1.32. The van der Waals surface area contributed by atoms with Crippen molar-refractivity contribution in [1.29, 1.82) is 5.26 Å². The quantitative estimate of drug-likeness (QED) is 0.842. The highest BCUT2D eigenvalue weighted by Crippen LogP contribution is 2.38. The summed E-state index contributed by atoms with van der Waals surface area (Å²) in [4.78, 5) is 7.86. The van der Waals surface area contributed by atoms with Crippen molar-refractivity contribution in [3.8, 4) is 6.07 Å². The van der Waals surface area contributed by atoms with Gasteiger partial charge in [-0.2, -0.15) is 5.26 Å². The van der Waals surface area contributed by atoms with Gasteiger partial charge in [0.05, 0.1) is 11.2 Å². The molecule has 2 heterocycles. The molecule has 0 bridgehead atoms. The van der Waals surface area contributed by atoms with Gasteiger partial charge < -0.3 is 15.0 Å². The zero-order valence-electron chi connectivity index (χ0n) is 12.8. The van der Waals surface area contributed by atoms with Crippen molar-refractivity contribution in [3.05, 3.63) is 29.3 Å². The van der Waals surface area contributed by atoms with E-state index in [1.54, 1.807) is 12.4 Å². The maximum atomic E-state index is 8.69. The molecule has 0 unspecified atom stereocenters. The predicted molar refractivity (Wildman–Crippen MR) is 79.9 cm³/mol. The number of aromatic nitrogens is 2. The first-order valence-corrected chi connectivity index (χ1v) is 6.77. The molecule has 0 aromatic carbocycles. The molecule has 2 N–H and O–H groups in total. The summed E-state index contributed by atoms with van der Waals surface area (Å²) in [7, 11) is -0.490. The summed E-state index contributed by atoms with van der Waals surface area (Å²) in [5, 5.41) is 8.69. The Morgan fingerprint density at radius 1 is 1.29 bits per heavy atom. The van der Waals surface area contributed by atoms with E-state index in [-0.39, 0.29) is 5.82 Å². The highest BCUT2D eigenvalue weighted by molar-refractivity contribution is 6.55. The van der Waals surface area contributed by atoms with Gasteiger partial charge >= 0.3 is 7.12 Å². The first-order valence-electron chi connectivity index (χ1n) is 6.77. The van der Waals surface area contributed by atoms with Crippen molar-refractivity contribution in [1.82, 2.24) is 9.97 Å². The van der Waals surface area contributed by atoms with E-state index in [0.29, 0.717) is 6.54 Å². The summed E-state index contributed by atoms with van der Waals surface area (Å²) in [6.07, 6.45) is 4.99. The van der Waals surface area contributed by atoms with Crippen LogP contribution in [-0.2, 0) is 9.31 Å². The molecular weight excluding hydrogens is 267 g/mol. The molecule has 0 spiro atoms. The summed E-state index contributed by atoms with van der Waals surface area (Å²) < 4.78 is 11.9. The van der Waals surface area contributed by atoms with E-state index in [1.165, 1.54) is 0 Å². The fourth-order valence-electron chi connectivity index (χ4n) is 1.90. The van der Waals surface area contributed by atoms with Gasteiger partial charge in [-0.25, -0.2) is 9.97 Å². The van der Waals surface area contributed by atoms with Crippen LogP contribution in [0.25, 0.3) is 6.08 Å². The maximum Gasteiger partial charge on any atom is 0.491 e. The van der Waals surface area contributed by atoms with Gasteiger partial charge in [0, 0.05) is 24.5 Å². The van der Waals surface area contributed by atoms with E-state index in [2.05, 4.69) is 9.97 Å². The lowest BCUT2D eigenvalue weighted by molar-refractivity contribution is 0.00578. The van der Waals surface area contributed by atoms with Crippen LogP contribution < -0.4 is 5.73 Å². The third-order valence-corrected chi connectivity index (χ3v) is 3.92. The van der Waals surface area contributed by atoms with Gasteiger partial charge in [-0.1, -0.05) is 6.08 Å². The van der Waals surface area contributed by atoms with Crippen LogP contribution in [0.1, 0.15) is 39.1 Å². The van der Waals surface area contributed by atoms with Crippen LogP contribution in [0.3, 0.4) is 0 Å². The van der Waals surface area contributed by atoms with Gasteiger partial charge in [-0.05, 0) is 33.2 Å². The molecule has 6 nitrogen and oxygen atoms in total. The average Bonchev–Trinajstić information content (AvgIpc) is 2.65. The zero-order chi connectivity index (χ0) is 15.7.